The largest absolute Gasteiger partial charge is 0.307 e. The van der Waals surface area contributed by atoms with Gasteiger partial charge in [0.1, 0.15) is 5.82 Å². The Kier molecular flexibility index (Phi) is 4.56. The zero-order valence-corrected chi connectivity index (χ0v) is 16.1. The van der Waals surface area contributed by atoms with Gasteiger partial charge in [-0.3, -0.25) is 4.79 Å². The molecule has 0 radical (unpaired) electrons. The molecule has 1 unspecified atom stereocenters. The van der Waals surface area contributed by atoms with E-state index < -0.39 is 0 Å². The van der Waals surface area contributed by atoms with Crippen molar-refractivity contribution in [3.8, 4) is 0 Å². The average molecular weight is 359 g/mol. The van der Waals surface area contributed by atoms with Gasteiger partial charge >= 0.3 is 0 Å². The summed E-state index contributed by atoms with van der Waals surface area (Å²) in [5.41, 5.74) is 6.45. The summed E-state index contributed by atoms with van der Waals surface area (Å²) in [4.78, 5) is 13.0. The molecule has 138 valence electrons. The third-order valence-electron chi connectivity index (χ3n) is 5.48. The number of hydrogen-bond donors (Lipinski definition) is 1. The predicted octanol–water partition coefficient (Wildman–Crippen LogP) is 4.99. The quantitative estimate of drug-likeness (QED) is 0.716. The molecule has 0 fully saturated rings. The van der Waals surface area contributed by atoms with E-state index in [1.54, 1.807) is 0 Å². The highest BCUT2D eigenvalue weighted by molar-refractivity contribution is 6.05. The fourth-order valence-corrected chi connectivity index (χ4v) is 3.98. The van der Waals surface area contributed by atoms with Crippen LogP contribution in [0, 0.1) is 20.8 Å². The van der Waals surface area contributed by atoms with Gasteiger partial charge in [-0.25, -0.2) is 4.68 Å². The van der Waals surface area contributed by atoms with Crippen LogP contribution in [-0.2, 0) is 6.42 Å². The molecule has 4 nitrogen and oxygen atoms in total. The summed E-state index contributed by atoms with van der Waals surface area (Å²) >= 11 is 0. The van der Waals surface area contributed by atoms with E-state index in [1.165, 1.54) is 11.1 Å². The van der Waals surface area contributed by atoms with Gasteiger partial charge in [-0.05, 0) is 62.8 Å². The number of rotatable bonds is 3. The zero-order valence-electron chi connectivity index (χ0n) is 16.1. The van der Waals surface area contributed by atoms with Crippen LogP contribution in [0.25, 0.3) is 0 Å². The molecule has 0 aliphatic heterocycles. The number of nitrogens with zero attached hydrogens (tertiary/aromatic N) is 2. The van der Waals surface area contributed by atoms with E-state index in [0.717, 1.165) is 41.8 Å². The lowest BCUT2D eigenvalue weighted by atomic mass is 9.88. The highest BCUT2D eigenvalue weighted by Gasteiger charge is 2.25. The predicted molar refractivity (Wildman–Crippen MR) is 108 cm³/mol. The number of carbonyl (C=O) groups is 1. The molecule has 1 aliphatic rings. The lowest BCUT2D eigenvalue weighted by Gasteiger charge is -2.27. The van der Waals surface area contributed by atoms with Crippen molar-refractivity contribution in [3.63, 3.8) is 0 Å². The van der Waals surface area contributed by atoms with Crippen LogP contribution >= 0.6 is 0 Å². The molecular formula is C23H25N3O. The maximum Gasteiger partial charge on any atom is 0.257 e. The van der Waals surface area contributed by atoms with Crippen LogP contribution < -0.4 is 5.32 Å². The van der Waals surface area contributed by atoms with Crippen molar-refractivity contribution in [2.75, 3.05) is 5.32 Å². The monoisotopic (exact) mass is 359 g/mol. The highest BCUT2D eigenvalue weighted by Crippen LogP contribution is 2.35. The number of carbonyl (C=O) groups excluding carboxylic acids is 1. The molecule has 1 atom stereocenters. The number of amides is 1. The maximum atomic E-state index is 13.0. The van der Waals surface area contributed by atoms with Crippen LogP contribution in [0.4, 0.5) is 5.82 Å². The van der Waals surface area contributed by atoms with Crippen LogP contribution in [0.2, 0.25) is 0 Å². The number of nitrogens with one attached hydrogen (secondary N) is 1. The van der Waals surface area contributed by atoms with E-state index in [9.17, 15) is 4.79 Å². The topological polar surface area (TPSA) is 46.9 Å². The van der Waals surface area contributed by atoms with Gasteiger partial charge < -0.3 is 5.32 Å². The lowest BCUT2D eigenvalue weighted by Crippen LogP contribution is -2.23. The fraction of sp³-hybridized carbons (Fsp3) is 0.304. The fourth-order valence-electron chi connectivity index (χ4n) is 3.98. The second-order valence-electron chi connectivity index (χ2n) is 7.50. The minimum atomic E-state index is -0.0786. The third-order valence-corrected chi connectivity index (χ3v) is 5.48. The Morgan fingerprint density at radius 3 is 2.78 bits per heavy atom. The van der Waals surface area contributed by atoms with E-state index in [1.807, 2.05) is 49.8 Å². The number of anilines is 1. The van der Waals surface area contributed by atoms with Crippen LogP contribution in [0.15, 0.2) is 48.7 Å². The first-order chi connectivity index (χ1) is 13.0. The number of aromatic nitrogens is 2. The number of benzene rings is 2. The Hall–Kier alpha value is -2.88. The third kappa shape index (κ3) is 3.27. The molecule has 4 heteroatoms. The van der Waals surface area contributed by atoms with Gasteiger partial charge in [0.25, 0.3) is 5.91 Å². The Labute approximate surface area is 160 Å². The average Bonchev–Trinajstić information content (AvgIpc) is 3.03. The van der Waals surface area contributed by atoms with Crippen molar-refractivity contribution in [1.82, 2.24) is 9.78 Å². The van der Waals surface area contributed by atoms with Gasteiger partial charge in [0, 0.05) is 11.1 Å². The van der Waals surface area contributed by atoms with Gasteiger partial charge in [0.15, 0.2) is 0 Å². The molecule has 1 aromatic heterocycles. The van der Waals surface area contributed by atoms with E-state index in [0.29, 0.717) is 5.56 Å². The molecule has 1 heterocycles. The van der Waals surface area contributed by atoms with Gasteiger partial charge in [-0.15, -0.1) is 0 Å². The Morgan fingerprint density at radius 1 is 1.11 bits per heavy atom. The molecule has 3 aromatic rings. The first-order valence-electron chi connectivity index (χ1n) is 9.55. The molecule has 1 amide bonds. The van der Waals surface area contributed by atoms with Crippen LogP contribution in [0.1, 0.15) is 57.1 Å². The first-order valence-corrected chi connectivity index (χ1v) is 9.55. The summed E-state index contributed by atoms with van der Waals surface area (Å²) in [6.07, 6.45) is 5.11. The molecule has 1 aliphatic carbocycles. The number of aryl methyl sites for hydroxylation is 4. The molecule has 0 bridgehead atoms. The molecule has 1 N–H and O–H groups in total. The van der Waals surface area contributed by atoms with Gasteiger partial charge in [0.05, 0.1) is 12.2 Å². The summed E-state index contributed by atoms with van der Waals surface area (Å²) in [5.74, 6) is 0.716. The Bertz CT molecular complexity index is 1000. The van der Waals surface area contributed by atoms with Gasteiger partial charge in [-0.2, -0.15) is 5.10 Å². The maximum absolute atomic E-state index is 13.0. The molecule has 4 rings (SSSR count). The summed E-state index contributed by atoms with van der Waals surface area (Å²) < 4.78 is 2.00. The highest BCUT2D eigenvalue weighted by atomic mass is 16.1. The van der Waals surface area contributed by atoms with E-state index in [4.69, 9.17) is 0 Å². The summed E-state index contributed by atoms with van der Waals surface area (Å²) in [7, 11) is 0. The zero-order chi connectivity index (χ0) is 19.0. The summed E-state index contributed by atoms with van der Waals surface area (Å²) in [5, 5.41) is 7.76. The van der Waals surface area contributed by atoms with Crippen LogP contribution in [0.5, 0.6) is 0 Å². The van der Waals surface area contributed by atoms with E-state index in [-0.39, 0.29) is 11.9 Å². The van der Waals surface area contributed by atoms with Gasteiger partial charge in [-0.1, -0.05) is 42.0 Å². The smallest absolute Gasteiger partial charge is 0.257 e. The minimum absolute atomic E-state index is 0.0786. The van der Waals surface area contributed by atoms with Crippen molar-refractivity contribution in [2.24, 2.45) is 0 Å². The second-order valence-corrected chi connectivity index (χ2v) is 7.50. The second kappa shape index (κ2) is 7.03. The SMILES string of the molecule is Cc1ccc(C)c(C(=O)Nc2c(C)cnn2C2CCCc3ccccc32)c1. The molecule has 0 saturated heterocycles. The molecular weight excluding hydrogens is 334 g/mol. The number of hydrogen-bond acceptors (Lipinski definition) is 2. The van der Waals surface area contributed by atoms with Crippen molar-refractivity contribution < 1.29 is 4.79 Å². The van der Waals surface area contributed by atoms with Crippen molar-refractivity contribution >= 4 is 11.7 Å². The van der Waals surface area contributed by atoms with E-state index in [2.05, 4.69) is 34.7 Å². The molecule has 27 heavy (non-hydrogen) atoms. The molecule has 0 spiro atoms. The summed E-state index contributed by atoms with van der Waals surface area (Å²) in [6, 6.07) is 14.7. The molecule has 2 aromatic carbocycles. The van der Waals surface area contributed by atoms with Gasteiger partial charge in [0.2, 0.25) is 0 Å². The lowest BCUT2D eigenvalue weighted by molar-refractivity contribution is 0.102. The van der Waals surface area contributed by atoms with Crippen LogP contribution in [0.3, 0.4) is 0 Å². The normalized spacial score (nSPS) is 16.0. The number of fused-ring (bicyclic) bond motifs is 1. The Balaban J connectivity index is 1.69. The van der Waals surface area contributed by atoms with Crippen molar-refractivity contribution in [2.45, 2.75) is 46.1 Å². The van der Waals surface area contributed by atoms with Crippen LogP contribution in [-0.4, -0.2) is 15.7 Å². The van der Waals surface area contributed by atoms with E-state index >= 15 is 0 Å². The first kappa shape index (κ1) is 17.5. The minimum Gasteiger partial charge on any atom is -0.307 e. The standard InChI is InChI=1S/C23H25N3O/c1-15-11-12-16(2)20(13-15)23(27)25-22-17(3)14-24-26(22)21-10-6-8-18-7-4-5-9-19(18)21/h4-5,7,9,11-14,21H,6,8,10H2,1-3H3,(H,25,27). The Morgan fingerprint density at radius 2 is 1.93 bits per heavy atom. The van der Waals surface area contributed by atoms with Crippen molar-refractivity contribution in [1.29, 1.82) is 0 Å². The molecule has 0 saturated carbocycles. The summed E-state index contributed by atoms with van der Waals surface area (Å²) in [6.45, 7) is 5.97. The van der Waals surface area contributed by atoms with Crippen molar-refractivity contribution in [3.05, 3.63) is 82.0 Å².